The number of para-hydroxylation sites is 1. The van der Waals surface area contributed by atoms with Crippen molar-refractivity contribution in [2.24, 2.45) is 0 Å². The largest absolute Gasteiger partial charge is 1.00 e. The molecular weight excluding hydrogens is 375 g/mol. The summed E-state index contributed by atoms with van der Waals surface area (Å²) in [6.45, 7) is 6.98. The molecule has 3 nitrogen and oxygen atoms in total. The first kappa shape index (κ1) is 20.3. The van der Waals surface area contributed by atoms with Crippen LogP contribution < -0.4 is 17.3 Å². The van der Waals surface area contributed by atoms with Crippen LogP contribution in [0.15, 0.2) is 52.3 Å². The van der Waals surface area contributed by atoms with Gasteiger partial charge in [0, 0.05) is 23.7 Å². The van der Waals surface area contributed by atoms with Crippen molar-refractivity contribution in [3.05, 3.63) is 47.5 Å². The predicted octanol–water partition coefficient (Wildman–Crippen LogP) is 0.915. The highest BCUT2D eigenvalue weighted by Crippen LogP contribution is 2.40. The first-order valence-electron chi connectivity index (χ1n) is 8.33. The topological polar surface area (TPSA) is 24.8 Å². The van der Waals surface area contributed by atoms with E-state index in [9.17, 15) is 4.79 Å². The Balaban J connectivity index is 0.00000225. The van der Waals surface area contributed by atoms with Crippen molar-refractivity contribution in [2.75, 3.05) is 19.6 Å². The summed E-state index contributed by atoms with van der Waals surface area (Å²) in [6, 6.07) is 13.9. The van der Waals surface area contributed by atoms with E-state index in [1.165, 1.54) is 0 Å². The van der Waals surface area contributed by atoms with E-state index in [2.05, 4.69) is 24.8 Å². The van der Waals surface area contributed by atoms with Gasteiger partial charge in [-0.15, -0.1) is 0 Å². The number of rotatable bonds is 5. The molecule has 6 heteroatoms. The summed E-state index contributed by atoms with van der Waals surface area (Å²) in [4.78, 5) is 18.4. The van der Waals surface area contributed by atoms with Gasteiger partial charge in [-0.1, -0.05) is 49.3 Å². The molecule has 1 aliphatic rings. The lowest BCUT2D eigenvalue weighted by Gasteiger charge is -2.26. The molecular formula is C19H22Cl2N2OS. The summed E-state index contributed by atoms with van der Waals surface area (Å²) in [6.07, 6.45) is 0.530. The highest BCUT2D eigenvalue weighted by molar-refractivity contribution is 7.99. The molecule has 3 rings (SSSR count). The number of nitrogens with one attached hydrogen (secondary N) is 1. The standard InChI is InChI=1S/C19H21ClN2OS.ClH/c1-3-21(4-2)12-11-19(23)22-15-7-5-6-8-17(15)24-18-10-9-14(20)13-16(18)22;/h5-10,13H,3-4,11-12H2,1-2H3;1H. The smallest absolute Gasteiger partial charge is 0.323 e. The maximum absolute atomic E-state index is 13.1. The maximum Gasteiger partial charge on any atom is 0.323 e. The highest BCUT2D eigenvalue weighted by Gasteiger charge is 2.34. The molecule has 0 aliphatic carbocycles. The van der Waals surface area contributed by atoms with Crippen LogP contribution in [-0.4, -0.2) is 30.4 Å². The minimum Gasteiger partial charge on any atom is -1.00 e. The van der Waals surface area contributed by atoms with Crippen molar-refractivity contribution in [3.63, 3.8) is 0 Å². The van der Waals surface area contributed by atoms with Gasteiger partial charge in [-0.3, -0.25) is 0 Å². The van der Waals surface area contributed by atoms with Gasteiger partial charge in [0.05, 0.1) is 16.2 Å². The van der Waals surface area contributed by atoms with Crippen molar-refractivity contribution in [2.45, 2.75) is 30.1 Å². The summed E-state index contributed by atoms with van der Waals surface area (Å²) in [5, 5.41) is 0.669. The third-order valence-corrected chi connectivity index (χ3v) is 5.80. The van der Waals surface area contributed by atoms with E-state index in [0.29, 0.717) is 11.4 Å². The zero-order valence-electron chi connectivity index (χ0n) is 14.4. The molecule has 1 amide bonds. The van der Waals surface area contributed by atoms with E-state index in [4.69, 9.17) is 11.6 Å². The SMILES string of the molecule is CCN(CC)CCC(=O)[NH+]1c2ccccc2Sc2ccc(Cl)cc21.[Cl-]. The lowest BCUT2D eigenvalue weighted by atomic mass is 10.2. The van der Waals surface area contributed by atoms with Gasteiger partial charge in [-0.05, 0) is 31.3 Å². The van der Waals surface area contributed by atoms with Gasteiger partial charge < -0.3 is 17.3 Å². The van der Waals surface area contributed by atoms with Gasteiger partial charge in [-0.2, -0.15) is 0 Å². The molecule has 25 heavy (non-hydrogen) atoms. The number of carbonyl (C=O) groups is 1. The molecule has 1 unspecified atom stereocenters. The van der Waals surface area contributed by atoms with Crippen LogP contribution in [0.1, 0.15) is 20.3 Å². The molecule has 2 aromatic rings. The van der Waals surface area contributed by atoms with Crippen LogP contribution in [0.25, 0.3) is 0 Å². The van der Waals surface area contributed by atoms with Gasteiger partial charge in [0.15, 0.2) is 11.4 Å². The molecule has 1 heterocycles. The van der Waals surface area contributed by atoms with Crippen LogP contribution in [0.3, 0.4) is 0 Å². The highest BCUT2D eigenvalue weighted by atomic mass is 35.5. The van der Waals surface area contributed by atoms with E-state index >= 15 is 0 Å². The lowest BCUT2D eigenvalue weighted by Crippen LogP contribution is -3.06. The summed E-state index contributed by atoms with van der Waals surface area (Å²) in [7, 11) is 0. The second-order valence-corrected chi connectivity index (χ2v) is 7.33. The molecule has 0 fully saturated rings. The Morgan fingerprint density at radius 1 is 1.08 bits per heavy atom. The fraction of sp³-hybridized carbons (Fsp3) is 0.316. The van der Waals surface area contributed by atoms with Gasteiger partial charge >= 0.3 is 5.91 Å². The molecule has 2 aromatic carbocycles. The number of benzene rings is 2. The second kappa shape index (κ2) is 9.06. The van der Waals surface area contributed by atoms with Crippen LogP contribution in [-0.2, 0) is 4.79 Å². The quantitative estimate of drug-likeness (QED) is 0.812. The normalized spacial score (nSPS) is 15.3. The Bertz CT molecular complexity index is 750. The van der Waals surface area contributed by atoms with Gasteiger partial charge in [0.2, 0.25) is 0 Å². The van der Waals surface area contributed by atoms with E-state index in [-0.39, 0.29) is 18.3 Å². The number of carbonyl (C=O) groups excluding carboxylic acids is 1. The Morgan fingerprint density at radius 2 is 1.76 bits per heavy atom. The number of nitrogens with zero attached hydrogens (tertiary/aromatic N) is 1. The number of quaternary nitrogens is 1. The fourth-order valence-corrected chi connectivity index (χ4v) is 4.28. The van der Waals surface area contributed by atoms with Crippen LogP contribution >= 0.6 is 23.4 Å². The van der Waals surface area contributed by atoms with E-state index in [0.717, 1.165) is 45.7 Å². The molecule has 1 N–H and O–H groups in total. The zero-order chi connectivity index (χ0) is 17.1. The monoisotopic (exact) mass is 396 g/mol. The molecule has 1 aliphatic heterocycles. The van der Waals surface area contributed by atoms with Crippen molar-refractivity contribution in [1.82, 2.24) is 4.90 Å². The summed E-state index contributed by atoms with van der Waals surface area (Å²) in [5.41, 5.74) is 2.00. The van der Waals surface area contributed by atoms with Crippen molar-refractivity contribution in [3.8, 4) is 0 Å². The molecule has 0 saturated carbocycles. The summed E-state index contributed by atoms with van der Waals surface area (Å²) < 4.78 is 0. The molecule has 0 saturated heterocycles. The number of hydrogen-bond acceptors (Lipinski definition) is 3. The van der Waals surface area contributed by atoms with E-state index in [1.807, 2.05) is 36.4 Å². The van der Waals surface area contributed by atoms with Crippen LogP contribution in [0.2, 0.25) is 5.02 Å². The molecule has 134 valence electrons. The summed E-state index contributed by atoms with van der Waals surface area (Å²) >= 11 is 7.91. The van der Waals surface area contributed by atoms with E-state index < -0.39 is 0 Å². The maximum atomic E-state index is 13.1. The Labute approximate surface area is 164 Å². The Kier molecular flexibility index (Phi) is 7.35. The van der Waals surface area contributed by atoms with Gasteiger partial charge in [0.1, 0.15) is 0 Å². The number of fused-ring (bicyclic) bond motifs is 2. The third kappa shape index (κ3) is 4.39. The summed E-state index contributed by atoms with van der Waals surface area (Å²) in [5.74, 6) is 0.193. The number of amides is 1. The van der Waals surface area contributed by atoms with Gasteiger partial charge in [0.25, 0.3) is 0 Å². The predicted molar refractivity (Wildman–Crippen MR) is 99.7 cm³/mol. The fourth-order valence-electron chi connectivity index (χ4n) is 3.04. The molecule has 0 aromatic heterocycles. The van der Waals surface area contributed by atoms with Crippen molar-refractivity contribution in [1.29, 1.82) is 0 Å². The Hall–Kier alpha value is -1.04. The number of halogens is 2. The first-order chi connectivity index (χ1) is 11.6. The van der Waals surface area contributed by atoms with Crippen molar-refractivity contribution < 1.29 is 22.1 Å². The first-order valence-corrected chi connectivity index (χ1v) is 9.53. The minimum atomic E-state index is 0. The van der Waals surface area contributed by atoms with Crippen LogP contribution in [0, 0.1) is 0 Å². The van der Waals surface area contributed by atoms with Crippen LogP contribution in [0.4, 0.5) is 11.4 Å². The number of hydrogen-bond donors (Lipinski definition) is 1. The lowest BCUT2D eigenvalue weighted by molar-refractivity contribution is -0.677. The second-order valence-electron chi connectivity index (χ2n) is 5.81. The van der Waals surface area contributed by atoms with Crippen molar-refractivity contribution >= 4 is 40.6 Å². The van der Waals surface area contributed by atoms with Crippen LogP contribution in [0.5, 0.6) is 0 Å². The molecule has 0 bridgehead atoms. The molecule has 1 atom stereocenters. The average Bonchev–Trinajstić information content (AvgIpc) is 2.60. The average molecular weight is 397 g/mol. The Morgan fingerprint density at radius 3 is 2.48 bits per heavy atom. The molecule has 0 radical (unpaired) electrons. The van der Waals surface area contributed by atoms with Gasteiger partial charge in [-0.25, -0.2) is 9.69 Å². The minimum absolute atomic E-state index is 0. The van der Waals surface area contributed by atoms with E-state index in [1.54, 1.807) is 11.8 Å². The zero-order valence-corrected chi connectivity index (χ0v) is 16.7. The third-order valence-electron chi connectivity index (χ3n) is 4.42. The molecule has 0 spiro atoms.